The summed E-state index contributed by atoms with van der Waals surface area (Å²) in [6.45, 7) is 1.88. The van der Waals surface area contributed by atoms with Crippen LogP contribution in [0.4, 0.5) is 4.39 Å². The van der Waals surface area contributed by atoms with Crippen LogP contribution in [0.2, 0.25) is 0 Å². The minimum atomic E-state index is -1.00. The van der Waals surface area contributed by atoms with Crippen LogP contribution in [-0.4, -0.2) is 43.3 Å². The van der Waals surface area contributed by atoms with Crippen LogP contribution >= 0.6 is 0 Å². The Morgan fingerprint density at radius 1 is 1.22 bits per heavy atom. The van der Waals surface area contributed by atoms with Crippen molar-refractivity contribution in [3.8, 4) is 0 Å². The van der Waals surface area contributed by atoms with Gasteiger partial charge in [0.1, 0.15) is 11.6 Å². The van der Waals surface area contributed by atoms with Crippen molar-refractivity contribution in [2.45, 2.75) is 82.0 Å². The highest BCUT2D eigenvalue weighted by molar-refractivity contribution is 5.79. The molecule has 6 rings (SSSR count). The zero-order chi connectivity index (χ0) is 25.6. The molecule has 2 aromatic heterocycles. The largest absolute Gasteiger partial charge is 0.389 e. The first-order chi connectivity index (χ1) is 17.9. The summed E-state index contributed by atoms with van der Waals surface area (Å²) in [5.74, 6) is 0.752. The monoisotopic (exact) mass is 506 g/mol. The highest BCUT2D eigenvalue weighted by Crippen LogP contribution is 2.41. The molecule has 0 radical (unpaired) electrons. The van der Waals surface area contributed by atoms with Gasteiger partial charge in [-0.3, -0.25) is 10.2 Å². The van der Waals surface area contributed by atoms with Crippen LogP contribution in [0.15, 0.2) is 42.6 Å². The minimum absolute atomic E-state index is 0.0654. The number of nitrogens with one attached hydrogen (secondary N) is 3. The Bertz CT molecular complexity index is 1300. The lowest BCUT2D eigenvalue weighted by atomic mass is 9.74. The van der Waals surface area contributed by atoms with E-state index in [-0.39, 0.29) is 42.1 Å². The van der Waals surface area contributed by atoms with Crippen molar-refractivity contribution in [3.05, 3.63) is 65.4 Å². The Morgan fingerprint density at radius 2 is 2.08 bits per heavy atom. The third kappa shape index (κ3) is 5.00. The van der Waals surface area contributed by atoms with E-state index in [9.17, 15) is 14.3 Å². The third-order valence-electron chi connectivity index (χ3n) is 8.59. The number of pyridine rings is 1. The first kappa shape index (κ1) is 24.5. The second kappa shape index (κ2) is 9.78. The summed E-state index contributed by atoms with van der Waals surface area (Å²) in [6, 6.07) is 11.0. The molecule has 0 spiro atoms. The molecule has 4 N–H and O–H groups in total. The predicted octanol–water partition coefficient (Wildman–Crippen LogP) is 3.14. The summed E-state index contributed by atoms with van der Waals surface area (Å²) in [5, 5.41) is 19.0. The molecule has 1 saturated heterocycles. The summed E-state index contributed by atoms with van der Waals surface area (Å²) in [4.78, 5) is 17.8. The fraction of sp³-hybridized carbons (Fsp3) is 0.536. The van der Waals surface area contributed by atoms with E-state index in [0.717, 1.165) is 49.1 Å². The van der Waals surface area contributed by atoms with Crippen molar-refractivity contribution in [3.63, 3.8) is 0 Å². The normalized spacial score (nSPS) is 31.8. The van der Waals surface area contributed by atoms with Crippen LogP contribution in [0.1, 0.15) is 67.9 Å². The number of carbonyl (C=O) groups excluding carboxylic acids is 1. The van der Waals surface area contributed by atoms with E-state index in [1.54, 1.807) is 18.2 Å². The number of hydrogen-bond donors (Lipinski definition) is 4. The molecule has 9 heteroatoms. The van der Waals surface area contributed by atoms with Crippen molar-refractivity contribution in [1.82, 2.24) is 30.8 Å². The molecule has 3 heterocycles. The van der Waals surface area contributed by atoms with Gasteiger partial charge in [-0.15, -0.1) is 0 Å². The van der Waals surface area contributed by atoms with Gasteiger partial charge in [0.2, 0.25) is 5.91 Å². The number of aromatic nitrogens is 3. The fourth-order valence-corrected chi connectivity index (χ4v) is 6.76. The number of fused-ring (bicyclic) bond motifs is 2. The number of aliphatic hydroxyl groups is 1. The number of nitrogens with zero attached hydrogens (tertiary/aromatic N) is 3. The van der Waals surface area contributed by atoms with Gasteiger partial charge in [-0.25, -0.2) is 19.3 Å². The van der Waals surface area contributed by atoms with Crippen molar-refractivity contribution < 1.29 is 14.3 Å². The standard InChI is InChI=1S/C28H35FN6O2/c1-17-30-25-11-9-20(16-35(25)34-17)26-22-13-18(8-10-24(22)32-33-26)27(36)31-21-6-4-12-28(37,15-21)14-19-5-2-3-7-23(19)29/h2-3,5,7,9,11,16,18,21-22,24,26,32-33,37H,4,6,8,10,12-15H2,1H3,(H,31,36)/t18?,21-,22?,24?,26?,28+/m1/s1. The Kier molecular flexibility index (Phi) is 6.46. The summed E-state index contributed by atoms with van der Waals surface area (Å²) in [7, 11) is 0. The van der Waals surface area contributed by atoms with Crippen molar-refractivity contribution in [2.75, 3.05) is 0 Å². The van der Waals surface area contributed by atoms with Crippen LogP contribution in [-0.2, 0) is 11.2 Å². The molecule has 8 nitrogen and oxygen atoms in total. The van der Waals surface area contributed by atoms with Crippen LogP contribution in [0.25, 0.3) is 5.65 Å². The molecule has 6 atom stereocenters. The van der Waals surface area contributed by atoms with Crippen LogP contribution < -0.4 is 16.2 Å². The first-order valence-corrected chi connectivity index (χ1v) is 13.5. The zero-order valence-electron chi connectivity index (χ0n) is 21.2. The van der Waals surface area contributed by atoms with Gasteiger partial charge in [0.15, 0.2) is 5.65 Å². The summed E-state index contributed by atoms with van der Waals surface area (Å²) in [5.41, 5.74) is 8.39. The maximum absolute atomic E-state index is 14.2. The maximum atomic E-state index is 14.2. The summed E-state index contributed by atoms with van der Waals surface area (Å²) in [6.07, 6.45) is 7.58. The second-order valence-electron chi connectivity index (χ2n) is 11.3. The average Bonchev–Trinajstić information content (AvgIpc) is 3.46. The van der Waals surface area contributed by atoms with Crippen molar-refractivity contribution in [1.29, 1.82) is 0 Å². The molecule has 3 fully saturated rings. The number of hydrogen-bond acceptors (Lipinski definition) is 6. The number of benzene rings is 1. The fourth-order valence-electron chi connectivity index (χ4n) is 6.76. The topological polar surface area (TPSA) is 104 Å². The molecule has 2 aliphatic carbocycles. The Balaban J connectivity index is 1.10. The minimum Gasteiger partial charge on any atom is -0.389 e. The Hall–Kier alpha value is -2.88. The molecule has 3 aliphatic rings. The quantitative estimate of drug-likeness (QED) is 0.424. The van der Waals surface area contributed by atoms with Crippen molar-refractivity contribution >= 4 is 11.6 Å². The number of halogens is 1. The highest BCUT2D eigenvalue weighted by Gasteiger charge is 2.43. The second-order valence-corrected chi connectivity index (χ2v) is 11.3. The summed E-state index contributed by atoms with van der Waals surface area (Å²) >= 11 is 0. The smallest absolute Gasteiger partial charge is 0.223 e. The SMILES string of the molecule is Cc1nc2ccc(C3NNC4CCC(C(=O)N[C@@H]5CCC[C@](O)(Cc6ccccc6F)C5)CC43)cn2n1. The van der Waals surface area contributed by atoms with Gasteiger partial charge < -0.3 is 10.4 Å². The van der Waals surface area contributed by atoms with Crippen LogP contribution in [0, 0.1) is 24.6 Å². The van der Waals surface area contributed by atoms with E-state index >= 15 is 0 Å². The molecule has 37 heavy (non-hydrogen) atoms. The lowest BCUT2D eigenvalue weighted by Gasteiger charge is -2.39. The number of hydrazine groups is 1. The number of aryl methyl sites for hydroxylation is 1. The van der Waals surface area contributed by atoms with Gasteiger partial charge in [0.25, 0.3) is 0 Å². The van der Waals surface area contributed by atoms with Gasteiger partial charge in [-0.1, -0.05) is 24.3 Å². The van der Waals surface area contributed by atoms with Crippen molar-refractivity contribution in [2.24, 2.45) is 11.8 Å². The summed E-state index contributed by atoms with van der Waals surface area (Å²) < 4.78 is 16.0. The average molecular weight is 507 g/mol. The maximum Gasteiger partial charge on any atom is 0.223 e. The lowest BCUT2D eigenvalue weighted by Crippen LogP contribution is -2.49. The molecule has 1 aromatic carbocycles. The third-order valence-corrected chi connectivity index (χ3v) is 8.59. The van der Waals surface area contributed by atoms with E-state index in [0.29, 0.717) is 24.4 Å². The molecule has 1 aliphatic heterocycles. The lowest BCUT2D eigenvalue weighted by molar-refractivity contribution is -0.128. The van der Waals surface area contributed by atoms with E-state index < -0.39 is 5.60 Å². The molecule has 4 unspecified atom stereocenters. The van der Waals surface area contributed by atoms with Gasteiger partial charge in [-0.05, 0) is 81.0 Å². The molecule has 2 saturated carbocycles. The van der Waals surface area contributed by atoms with Gasteiger partial charge in [0, 0.05) is 30.6 Å². The van der Waals surface area contributed by atoms with E-state index in [4.69, 9.17) is 0 Å². The zero-order valence-corrected chi connectivity index (χ0v) is 21.2. The Morgan fingerprint density at radius 3 is 2.95 bits per heavy atom. The highest BCUT2D eigenvalue weighted by atomic mass is 19.1. The number of amides is 1. The van der Waals surface area contributed by atoms with E-state index in [2.05, 4.69) is 32.3 Å². The molecular formula is C28H35FN6O2. The molecule has 1 amide bonds. The predicted molar refractivity (Wildman–Crippen MR) is 137 cm³/mol. The molecule has 3 aromatic rings. The van der Waals surface area contributed by atoms with Crippen LogP contribution in [0.5, 0.6) is 0 Å². The van der Waals surface area contributed by atoms with Gasteiger partial charge in [-0.2, -0.15) is 5.10 Å². The van der Waals surface area contributed by atoms with E-state index in [1.807, 2.05) is 23.7 Å². The van der Waals surface area contributed by atoms with Gasteiger partial charge >= 0.3 is 0 Å². The van der Waals surface area contributed by atoms with E-state index in [1.165, 1.54) is 6.07 Å². The van der Waals surface area contributed by atoms with Crippen LogP contribution in [0.3, 0.4) is 0 Å². The van der Waals surface area contributed by atoms with Gasteiger partial charge in [0.05, 0.1) is 11.6 Å². The molecular weight excluding hydrogens is 471 g/mol. The number of rotatable bonds is 5. The molecule has 0 bridgehead atoms. The number of carbonyl (C=O) groups is 1. The molecule has 196 valence electrons. The Labute approximate surface area is 216 Å². The first-order valence-electron chi connectivity index (χ1n) is 13.5.